The first-order valence-corrected chi connectivity index (χ1v) is 5.95. The predicted molar refractivity (Wildman–Crippen MR) is 60.7 cm³/mol. The molecule has 0 aliphatic heterocycles. The molecule has 0 unspecified atom stereocenters. The van der Waals surface area contributed by atoms with Gasteiger partial charge in [-0.15, -0.1) is 11.3 Å². The van der Waals surface area contributed by atoms with Crippen LogP contribution in [0.2, 0.25) is 0 Å². The maximum absolute atomic E-state index is 3.98. The van der Waals surface area contributed by atoms with Crippen LogP contribution in [-0.4, -0.2) is 29.5 Å². The minimum Gasteiger partial charge on any atom is -0.353 e. The molecule has 0 radical (unpaired) electrons. The molecule has 0 saturated carbocycles. The van der Waals surface area contributed by atoms with Crippen LogP contribution in [0.3, 0.4) is 0 Å². The van der Waals surface area contributed by atoms with Gasteiger partial charge in [0.1, 0.15) is 11.3 Å². The molecule has 0 aliphatic rings. The summed E-state index contributed by atoms with van der Waals surface area (Å²) in [6.45, 7) is 0. The first kappa shape index (κ1) is 12.6. The van der Waals surface area contributed by atoms with Crippen LogP contribution in [0.15, 0.2) is 28.6 Å². The van der Waals surface area contributed by atoms with Crippen molar-refractivity contribution in [2.24, 2.45) is 0 Å². The van der Waals surface area contributed by atoms with Crippen LogP contribution in [0.25, 0.3) is 10.9 Å². The van der Waals surface area contributed by atoms with E-state index in [1.807, 2.05) is 16.0 Å². The van der Waals surface area contributed by atoms with Crippen LogP contribution in [-0.2, 0) is 21.1 Å². The molecule has 17 heavy (non-hydrogen) atoms. The van der Waals surface area contributed by atoms with E-state index in [4.69, 9.17) is 0 Å². The number of aromatic nitrogens is 6. The molecule has 6 nitrogen and oxygen atoms in total. The van der Waals surface area contributed by atoms with Crippen LogP contribution in [0.4, 0.5) is 0 Å². The Balaban J connectivity index is 0.00000108. The number of hydrogen-bond donors (Lipinski definition) is 0. The summed E-state index contributed by atoms with van der Waals surface area (Å²) < 4.78 is 4.25. The molecule has 0 aliphatic carbocycles. The van der Waals surface area contributed by atoms with E-state index in [1.165, 1.54) is 11.0 Å². The Hall–Kier alpha value is -0.852. The molecule has 0 bridgehead atoms. The molecule has 90 valence electrons. The van der Waals surface area contributed by atoms with Crippen LogP contribution < -0.4 is 0 Å². The van der Waals surface area contributed by atoms with Crippen LogP contribution in [0.1, 0.15) is 0 Å². The summed E-state index contributed by atoms with van der Waals surface area (Å²) in [7, 11) is 0. The van der Waals surface area contributed by atoms with Crippen molar-refractivity contribution >= 4 is 27.3 Å². The second-order valence-corrected chi connectivity index (χ2v) is 4.60. The van der Waals surface area contributed by atoms with Crippen LogP contribution in [0.5, 0.6) is 0 Å². The average Bonchev–Trinajstić information content (AvgIpc) is 2.95. The SMILES string of the molecule is Brc1ccsc1-n1cnnc1-n1[c-]ncn1.[Pt]. The molecule has 0 spiro atoms. The summed E-state index contributed by atoms with van der Waals surface area (Å²) in [4.78, 5) is 3.76. The van der Waals surface area contributed by atoms with Gasteiger partial charge in [0.15, 0.2) is 5.95 Å². The van der Waals surface area contributed by atoms with Crippen molar-refractivity contribution in [3.05, 3.63) is 34.9 Å². The van der Waals surface area contributed by atoms with E-state index in [-0.39, 0.29) is 21.1 Å². The fraction of sp³-hybridized carbons (Fsp3) is 0. The summed E-state index contributed by atoms with van der Waals surface area (Å²) in [5.74, 6) is 0.556. The van der Waals surface area contributed by atoms with E-state index < -0.39 is 0 Å². The zero-order valence-corrected chi connectivity index (χ0v) is 12.8. The van der Waals surface area contributed by atoms with Gasteiger partial charge in [0.25, 0.3) is 0 Å². The Kier molecular flexibility index (Phi) is 3.85. The quantitative estimate of drug-likeness (QED) is 0.510. The largest absolute Gasteiger partial charge is 0.353 e. The van der Waals surface area contributed by atoms with Gasteiger partial charge in [0.05, 0.1) is 4.47 Å². The topological polar surface area (TPSA) is 61.4 Å². The first-order chi connectivity index (χ1) is 7.86. The molecular formula is C8H4BrN6PtS-. The van der Waals surface area contributed by atoms with E-state index in [0.29, 0.717) is 5.95 Å². The number of halogens is 1. The van der Waals surface area contributed by atoms with Gasteiger partial charge in [-0.2, -0.15) is 10.2 Å². The monoisotopic (exact) mass is 490 g/mol. The zero-order valence-electron chi connectivity index (χ0n) is 8.10. The summed E-state index contributed by atoms with van der Waals surface area (Å²) in [6.07, 6.45) is 5.71. The summed E-state index contributed by atoms with van der Waals surface area (Å²) in [5, 5.41) is 14.8. The molecule has 0 atom stereocenters. The van der Waals surface area contributed by atoms with Crippen molar-refractivity contribution in [3.8, 4) is 10.9 Å². The Bertz CT molecular complexity index is 603. The average molecular weight is 491 g/mol. The van der Waals surface area contributed by atoms with E-state index in [0.717, 1.165) is 9.47 Å². The Labute approximate surface area is 123 Å². The van der Waals surface area contributed by atoms with Crippen LogP contribution >= 0.6 is 27.3 Å². The van der Waals surface area contributed by atoms with Gasteiger partial charge in [0.2, 0.25) is 0 Å². The molecule has 3 heterocycles. The van der Waals surface area contributed by atoms with Gasteiger partial charge in [-0.1, -0.05) is 0 Å². The van der Waals surface area contributed by atoms with Gasteiger partial charge >= 0.3 is 0 Å². The fourth-order valence-electron chi connectivity index (χ4n) is 1.25. The summed E-state index contributed by atoms with van der Waals surface area (Å²) in [6, 6.07) is 1.97. The van der Waals surface area contributed by atoms with E-state index in [1.54, 1.807) is 17.7 Å². The van der Waals surface area contributed by atoms with Gasteiger partial charge in [-0.25, -0.2) is 5.10 Å². The molecule has 0 aromatic carbocycles. The number of hydrogen-bond acceptors (Lipinski definition) is 5. The summed E-state index contributed by atoms with van der Waals surface area (Å²) in [5.41, 5.74) is 0. The van der Waals surface area contributed by atoms with Gasteiger partial charge in [-0.05, 0) is 27.4 Å². The van der Waals surface area contributed by atoms with Gasteiger partial charge in [0, 0.05) is 33.7 Å². The summed E-state index contributed by atoms with van der Waals surface area (Å²) >= 11 is 5.04. The smallest absolute Gasteiger partial charge is 0.155 e. The fourth-order valence-corrected chi connectivity index (χ4v) is 2.79. The normalized spacial score (nSPS) is 10.2. The molecule has 3 aromatic rings. The second kappa shape index (κ2) is 5.20. The molecule has 0 amide bonds. The molecule has 3 rings (SSSR count). The van der Waals surface area contributed by atoms with Crippen molar-refractivity contribution in [3.63, 3.8) is 0 Å². The second-order valence-electron chi connectivity index (χ2n) is 2.85. The molecule has 0 N–H and O–H groups in total. The molecule has 9 heteroatoms. The van der Waals surface area contributed by atoms with Gasteiger partial charge in [-0.3, -0.25) is 0 Å². The molecule has 0 fully saturated rings. The molecule has 3 aromatic heterocycles. The number of nitrogens with zero attached hydrogens (tertiary/aromatic N) is 6. The van der Waals surface area contributed by atoms with E-state index in [2.05, 4.69) is 42.5 Å². The third-order valence-corrected chi connectivity index (χ3v) is 3.73. The predicted octanol–water partition coefficient (Wildman–Crippen LogP) is 1.47. The number of rotatable bonds is 2. The van der Waals surface area contributed by atoms with E-state index >= 15 is 0 Å². The molecular weight excluding hydrogens is 487 g/mol. The zero-order chi connectivity index (χ0) is 11.0. The standard InChI is InChI=1S/C8H4BrN6S.Pt/c9-6-1-2-16-7(6)14-5-11-13-8(14)15-4-10-3-12-15;/h1-3,5H;/q-1;. The van der Waals surface area contributed by atoms with Crippen molar-refractivity contribution in [1.29, 1.82) is 0 Å². The van der Waals surface area contributed by atoms with Crippen LogP contribution in [0, 0.1) is 6.33 Å². The minimum atomic E-state index is 0. The third-order valence-electron chi connectivity index (χ3n) is 1.91. The Morgan fingerprint density at radius 2 is 2.29 bits per heavy atom. The molecule has 0 saturated heterocycles. The first-order valence-electron chi connectivity index (χ1n) is 4.28. The number of thiophene rings is 1. The Morgan fingerprint density at radius 1 is 1.41 bits per heavy atom. The third kappa shape index (κ3) is 2.25. The van der Waals surface area contributed by atoms with Gasteiger partial charge < -0.3 is 14.2 Å². The maximum Gasteiger partial charge on any atom is 0.155 e. The van der Waals surface area contributed by atoms with Crippen molar-refractivity contribution in [1.82, 2.24) is 29.5 Å². The van der Waals surface area contributed by atoms with Crippen molar-refractivity contribution < 1.29 is 21.1 Å². The maximum atomic E-state index is 3.98. The van der Waals surface area contributed by atoms with E-state index in [9.17, 15) is 0 Å². The van der Waals surface area contributed by atoms with Crippen molar-refractivity contribution in [2.45, 2.75) is 0 Å². The van der Waals surface area contributed by atoms with Crippen molar-refractivity contribution in [2.75, 3.05) is 0 Å². The minimum absolute atomic E-state index is 0. The Morgan fingerprint density at radius 3 is 2.94 bits per heavy atom.